The van der Waals surface area contributed by atoms with Crippen molar-refractivity contribution in [1.29, 1.82) is 0 Å². The van der Waals surface area contributed by atoms with E-state index in [1.54, 1.807) is 11.3 Å². The zero-order valence-corrected chi connectivity index (χ0v) is 14.9. The summed E-state index contributed by atoms with van der Waals surface area (Å²) < 4.78 is 0. The van der Waals surface area contributed by atoms with Gasteiger partial charge in [-0.1, -0.05) is 0 Å². The van der Waals surface area contributed by atoms with Crippen molar-refractivity contribution in [2.75, 3.05) is 0 Å². The highest BCUT2D eigenvalue weighted by Gasteiger charge is 2.18. The largest absolute Gasteiger partial charge is 0.297 e. The molecule has 0 N–H and O–H groups in total. The Hall–Kier alpha value is -1.23. The van der Waals surface area contributed by atoms with Crippen LogP contribution in [0.1, 0.15) is 29.2 Å². The molecule has 0 radical (unpaired) electrons. The van der Waals surface area contributed by atoms with Gasteiger partial charge in [0.2, 0.25) is 0 Å². The minimum absolute atomic E-state index is 0.798. The van der Waals surface area contributed by atoms with E-state index in [1.807, 2.05) is 28.7 Å². The molecule has 3 rings (SSSR count). The number of thiophene rings is 3. The second kappa shape index (κ2) is 5.52. The predicted molar refractivity (Wildman–Crippen MR) is 95.3 cm³/mol. The van der Waals surface area contributed by atoms with Gasteiger partial charge < -0.3 is 0 Å². The summed E-state index contributed by atoms with van der Waals surface area (Å²) in [6, 6.07) is 6.50. The molecule has 3 aromatic heterocycles. The van der Waals surface area contributed by atoms with Crippen molar-refractivity contribution < 1.29 is 4.79 Å². The molecule has 1 nitrogen and oxygen atoms in total. The predicted octanol–water partition coefficient (Wildman–Crippen LogP) is 6.25. The van der Waals surface area contributed by atoms with E-state index in [4.69, 9.17) is 0 Å². The van der Waals surface area contributed by atoms with Crippen LogP contribution in [0.25, 0.3) is 21.6 Å². The molecule has 3 aromatic rings. The highest BCUT2D eigenvalue weighted by molar-refractivity contribution is 7.18. The lowest BCUT2D eigenvalue weighted by atomic mass is 10.0. The first-order valence-electron chi connectivity index (χ1n) is 6.73. The summed E-state index contributed by atoms with van der Waals surface area (Å²) in [6.45, 7) is 8.58. The van der Waals surface area contributed by atoms with Gasteiger partial charge in [0.15, 0.2) is 6.29 Å². The van der Waals surface area contributed by atoms with Gasteiger partial charge in [0.25, 0.3) is 0 Å². The molecule has 0 aromatic carbocycles. The van der Waals surface area contributed by atoms with Gasteiger partial charge >= 0.3 is 0 Å². The number of aryl methyl sites for hydroxylation is 4. The molecule has 3 heterocycles. The molecular formula is C17H16OS3. The second-order valence-electron chi connectivity index (χ2n) is 5.16. The third-order valence-electron chi connectivity index (χ3n) is 3.48. The van der Waals surface area contributed by atoms with Gasteiger partial charge in [-0.25, -0.2) is 0 Å². The van der Waals surface area contributed by atoms with Crippen molar-refractivity contribution >= 4 is 40.3 Å². The van der Waals surface area contributed by atoms with E-state index in [1.165, 1.54) is 41.1 Å². The maximum absolute atomic E-state index is 11.2. The Balaban J connectivity index is 2.26. The monoisotopic (exact) mass is 332 g/mol. The zero-order chi connectivity index (χ0) is 15.1. The fourth-order valence-corrected chi connectivity index (χ4v) is 5.62. The molecule has 0 unspecified atom stereocenters. The lowest BCUT2D eigenvalue weighted by molar-refractivity contribution is 0.112. The standard InChI is InChI=1S/C17H16OS3/c1-9-5-14(11(3)19-9)16-7-13(8-18)21-17(16)15-6-10(2)20-12(15)4/h5-8H,1-4H3. The maximum Gasteiger partial charge on any atom is 0.160 e. The van der Waals surface area contributed by atoms with Crippen LogP contribution in [0.15, 0.2) is 18.2 Å². The lowest BCUT2D eigenvalue weighted by Gasteiger charge is -2.03. The van der Waals surface area contributed by atoms with Crippen LogP contribution in [-0.4, -0.2) is 6.29 Å². The highest BCUT2D eigenvalue weighted by atomic mass is 32.1. The van der Waals surface area contributed by atoms with Crippen LogP contribution in [0, 0.1) is 27.7 Å². The van der Waals surface area contributed by atoms with Crippen LogP contribution in [-0.2, 0) is 0 Å². The van der Waals surface area contributed by atoms with E-state index < -0.39 is 0 Å². The molecule has 0 saturated heterocycles. The van der Waals surface area contributed by atoms with Crippen molar-refractivity contribution in [2.45, 2.75) is 27.7 Å². The van der Waals surface area contributed by atoms with Crippen molar-refractivity contribution in [1.82, 2.24) is 0 Å². The molecule has 0 bridgehead atoms. The van der Waals surface area contributed by atoms with Crippen molar-refractivity contribution in [3.63, 3.8) is 0 Å². The summed E-state index contributed by atoms with van der Waals surface area (Å²) >= 11 is 5.22. The quantitative estimate of drug-likeness (QED) is 0.518. The average Bonchev–Trinajstić information content (AvgIpc) is 3.06. The van der Waals surface area contributed by atoms with Gasteiger partial charge in [0.05, 0.1) is 4.88 Å². The number of hydrogen-bond donors (Lipinski definition) is 0. The fraction of sp³-hybridized carbons (Fsp3) is 0.235. The first-order chi connectivity index (χ1) is 9.99. The van der Waals surface area contributed by atoms with E-state index in [2.05, 4.69) is 39.8 Å². The first kappa shape index (κ1) is 14.7. The minimum atomic E-state index is 0.798. The van der Waals surface area contributed by atoms with E-state index in [-0.39, 0.29) is 0 Å². The number of carbonyl (C=O) groups excluding carboxylic acids is 1. The molecule has 21 heavy (non-hydrogen) atoms. The minimum Gasteiger partial charge on any atom is -0.297 e. The number of carbonyl (C=O) groups is 1. The molecule has 0 spiro atoms. The van der Waals surface area contributed by atoms with Crippen LogP contribution < -0.4 is 0 Å². The van der Waals surface area contributed by atoms with Gasteiger partial charge in [-0.05, 0) is 51.5 Å². The van der Waals surface area contributed by atoms with Gasteiger partial charge in [0.1, 0.15) is 0 Å². The topological polar surface area (TPSA) is 17.1 Å². The van der Waals surface area contributed by atoms with Crippen LogP contribution in [0.4, 0.5) is 0 Å². The summed E-state index contributed by atoms with van der Waals surface area (Å²) in [5.74, 6) is 0. The third-order valence-corrected chi connectivity index (χ3v) is 6.51. The third kappa shape index (κ3) is 2.63. The molecular weight excluding hydrogens is 316 g/mol. The molecule has 0 fully saturated rings. The molecule has 0 amide bonds. The number of rotatable bonds is 3. The van der Waals surface area contributed by atoms with Gasteiger partial charge in [-0.15, -0.1) is 34.0 Å². The maximum atomic E-state index is 11.2. The summed E-state index contributed by atoms with van der Waals surface area (Å²) in [6.07, 6.45) is 0.959. The van der Waals surface area contributed by atoms with Crippen LogP contribution in [0.2, 0.25) is 0 Å². The molecule has 0 aliphatic heterocycles. The van der Waals surface area contributed by atoms with Crippen LogP contribution >= 0.6 is 34.0 Å². The molecule has 0 saturated carbocycles. The average molecular weight is 333 g/mol. The first-order valence-corrected chi connectivity index (χ1v) is 9.18. The van der Waals surface area contributed by atoms with Crippen molar-refractivity contribution in [3.8, 4) is 21.6 Å². The summed E-state index contributed by atoms with van der Waals surface area (Å²) in [4.78, 5) is 18.5. The molecule has 0 aliphatic rings. The van der Waals surface area contributed by atoms with Crippen molar-refractivity contribution in [3.05, 3.63) is 42.6 Å². The summed E-state index contributed by atoms with van der Waals surface area (Å²) in [5, 5.41) is 0. The summed E-state index contributed by atoms with van der Waals surface area (Å²) in [7, 11) is 0. The Morgan fingerprint density at radius 3 is 1.81 bits per heavy atom. The Kier molecular flexibility index (Phi) is 3.86. The van der Waals surface area contributed by atoms with E-state index in [9.17, 15) is 4.79 Å². The fourth-order valence-electron chi connectivity index (χ4n) is 2.62. The van der Waals surface area contributed by atoms with Gasteiger partial charge in [-0.3, -0.25) is 4.79 Å². The smallest absolute Gasteiger partial charge is 0.160 e. The second-order valence-corrected chi connectivity index (χ2v) is 9.17. The van der Waals surface area contributed by atoms with Crippen molar-refractivity contribution in [2.24, 2.45) is 0 Å². The molecule has 0 aliphatic carbocycles. The molecule has 4 heteroatoms. The van der Waals surface area contributed by atoms with E-state index >= 15 is 0 Å². The van der Waals surface area contributed by atoms with Crippen LogP contribution in [0.3, 0.4) is 0 Å². The normalized spacial score (nSPS) is 11.0. The Bertz CT molecular complexity index is 754. The Morgan fingerprint density at radius 2 is 1.33 bits per heavy atom. The van der Waals surface area contributed by atoms with E-state index in [0.717, 1.165) is 11.2 Å². The molecule has 0 atom stereocenters. The highest BCUT2D eigenvalue weighted by Crippen LogP contribution is 2.44. The SMILES string of the molecule is Cc1cc(-c2cc(C=O)sc2-c2cc(C)sc2C)c(C)s1. The Morgan fingerprint density at radius 1 is 0.762 bits per heavy atom. The number of aldehydes is 1. The van der Waals surface area contributed by atoms with E-state index in [0.29, 0.717) is 0 Å². The number of hydrogen-bond acceptors (Lipinski definition) is 4. The van der Waals surface area contributed by atoms with Crippen LogP contribution in [0.5, 0.6) is 0 Å². The Labute approximate surface area is 136 Å². The lowest BCUT2D eigenvalue weighted by Crippen LogP contribution is -1.78. The summed E-state index contributed by atoms with van der Waals surface area (Å²) in [5.41, 5.74) is 3.74. The molecule has 108 valence electrons. The van der Waals surface area contributed by atoms with Gasteiger partial charge in [0, 0.05) is 35.5 Å². The van der Waals surface area contributed by atoms with Gasteiger partial charge in [-0.2, -0.15) is 0 Å². The zero-order valence-electron chi connectivity index (χ0n) is 12.4.